The highest BCUT2D eigenvalue weighted by atomic mass is 32.2. The number of fused-ring (bicyclic) bond motifs is 1. The third-order valence-corrected chi connectivity index (χ3v) is 7.48. The van der Waals surface area contributed by atoms with Crippen LogP contribution in [0.1, 0.15) is 9.67 Å². The SMILES string of the molecule is Cn1ccnc1S(=O)(=O)C1CN(C(=O)c2cc3cc(F)ccc3s2)C1. The Kier molecular flexibility index (Phi) is 3.66. The Labute approximate surface area is 147 Å². The number of carbonyl (C=O) groups excluding carboxylic acids is 1. The van der Waals surface area contributed by atoms with Crippen molar-refractivity contribution < 1.29 is 17.6 Å². The maximum absolute atomic E-state index is 13.3. The van der Waals surface area contributed by atoms with Gasteiger partial charge in [0.25, 0.3) is 5.91 Å². The molecule has 4 rings (SSSR count). The van der Waals surface area contributed by atoms with Gasteiger partial charge in [0.1, 0.15) is 11.1 Å². The lowest BCUT2D eigenvalue weighted by Gasteiger charge is -2.37. The fourth-order valence-corrected chi connectivity index (χ4v) is 5.58. The van der Waals surface area contributed by atoms with Crippen LogP contribution < -0.4 is 0 Å². The molecule has 25 heavy (non-hydrogen) atoms. The Morgan fingerprint density at radius 2 is 2.08 bits per heavy atom. The lowest BCUT2D eigenvalue weighted by Crippen LogP contribution is -2.57. The van der Waals surface area contributed by atoms with Crippen molar-refractivity contribution in [1.29, 1.82) is 0 Å². The number of benzene rings is 1. The monoisotopic (exact) mass is 379 g/mol. The normalized spacial score (nSPS) is 15.5. The molecule has 3 aromatic rings. The van der Waals surface area contributed by atoms with E-state index < -0.39 is 15.1 Å². The Hall–Kier alpha value is -2.26. The van der Waals surface area contributed by atoms with Gasteiger partial charge in [0, 0.05) is 37.2 Å². The highest BCUT2D eigenvalue weighted by Gasteiger charge is 2.42. The summed E-state index contributed by atoms with van der Waals surface area (Å²) in [7, 11) is -1.93. The second kappa shape index (κ2) is 5.63. The van der Waals surface area contributed by atoms with Crippen LogP contribution in [-0.4, -0.2) is 47.1 Å². The Bertz CT molecular complexity index is 1080. The first-order valence-corrected chi connectivity index (χ1v) is 9.92. The van der Waals surface area contributed by atoms with E-state index >= 15 is 0 Å². The predicted molar refractivity (Wildman–Crippen MR) is 91.9 cm³/mol. The van der Waals surface area contributed by atoms with E-state index in [1.54, 1.807) is 25.4 Å². The molecule has 2 aromatic heterocycles. The predicted octanol–water partition coefficient (Wildman–Crippen LogP) is 2.07. The third-order valence-electron chi connectivity index (χ3n) is 4.29. The molecule has 1 aliphatic rings. The molecule has 0 spiro atoms. The van der Waals surface area contributed by atoms with Crippen molar-refractivity contribution in [3.8, 4) is 0 Å². The molecular formula is C16H14FN3O3S2. The summed E-state index contributed by atoms with van der Waals surface area (Å²) in [5, 5.41) is 0.0392. The summed E-state index contributed by atoms with van der Waals surface area (Å²) in [5.74, 6) is -0.581. The molecule has 3 heterocycles. The van der Waals surface area contributed by atoms with Gasteiger partial charge in [0.15, 0.2) is 0 Å². The summed E-state index contributed by atoms with van der Waals surface area (Å²) in [4.78, 5) is 18.4. The quantitative estimate of drug-likeness (QED) is 0.698. The maximum Gasteiger partial charge on any atom is 0.264 e. The highest BCUT2D eigenvalue weighted by Crippen LogP contribution is 2.30. The lowest BCUT2D eigenvalue weighted by atomic mass is 10.2. The first-order valence-electron chi connectivity index (χ1n) is 7.56. The minimum atomic E-state index is -3.56. The largest absolute Gasteiger partial charge is 0.335 e. The molecule has 0 unspecified atom stereocenters. The van der Waals surface area contributed by atoms with E-state index in [4.69, 9.17) is 0 Å². The van der Waals surface area contributed by atoms with E-state index in [1.165, 1.54) is 39.1 Å². The van der Waals surface area contributed by atoms with Gasteiger partial charge in [-0.15, -0.1) is 11.3 Å². The van der Waals surface area contributed by atoms with E-state index in [-0.39, 0.29) is 30.0 Å². The van der Waals surface area contributed by atoms with Crippen LogP contribution in [0.15, 0.2) is 41.8 Å². The van der Waals surface area contributed by atoms with E-state index in [0.29, 0.717) is 10.3 Å². The zero-order valence-corrected chi connectivity index (χ0v) is 14.8. The van der Waals surface area contributed by atoms with Gasteiger partial charge >= 0.3 is 0 Å². The molecule has 0 aliphatic carbocycles. The van der Waals surface area contributed by atoms with Gasteiger partial charge in [-0.2, -0.15) is 0 Å². The third kappa shape index (κ3) is 2.63. The number of thiophene rings is 1. The minimum Gasteiger partial charge on any atom is -0.335 e. The van der Waals surface area contributed by atoms with Gasteiger partial charge in [0.05, 0.1) is 4.88 Å². The topological polar surface area (TPSA) is 72.3 Å². The average Bonchev–Trinajstić information content (AvgIpc) is 3.11. The van der Waals surface area contributed by atoms with Crippen molar-refractivity contribution in [3.63, 3.8) is 0 Å². The number of amides is 1. The summed E-state index contributed by atoms with van der Waals surface area (Å²) in [5.41, 5.74) is 0. The summed E-state index contributed by atoms with van der Waals surface area (Å²) in [6.07, 6.45) is 3.01. The van der Waals surface area contributed by atoms with Crippen LogP contribution in [0.2, 0.25) is 0 Å². The average molecular weight is 379 g/mol. The molecule has 6 nitrogen and oxygen atoms in total. The van der Waals surface area contributed by atoms with Gasteiger partial charge in [-0.1, -0.05) is 0 Å². The molecule has 0 atom stereocenters. The van der Waals surface area contributed by atoms with Crippen molar-refractivity contribution in [2.75, 3.05) is 13.1 Å². The van der Waals surface area contributed by atoms with Crippen LogP contribution in [-0.2, 0) is 16.9 Å². The number of nitrogens with zero attached hydrogens (tertiary/aromatic N) is 3. The number of halogens is 1. The van der Waals surface area contributed by atoms with Gasteiger partial charge < -0.3 is 9.47 Å². The summed E-state index contributed by atoms with van der Waals surface area (Å²) >= 11 is 1.28. The number of sulfone groups is 1. The molecule has 0 bridgehead atoms. The van der Waals surface area contributed by atoms with Crippen LogP contribution >= 0.6 is 11.3 Å². The second-order valence-electron chi connectivity index (χ2n) is 5.99. The zero-order valence-electron chi connectivity index (χ0n) is 13.2. The Morgan fingerprint density at radius 3 is 2.76 bits per heavy atom. The fourth-order valence-electron chi connectivity index (χ4n) is 2.85. The molecule has 9 heteroatoms. The second-order valence-corrected chi connectivity index (χ2v) is 9.20. The fraction of sp³-hybridized carbons (Fsp3) is 0.250. The molecule has 1 fully saturated rings. The van der Waals surface area contributed by atoms with Crippen LogP contribution in [0.5, 0.6) is 0 Å². The Morgan fingerprint density at radius 1 is 1.32 bits per heavy atom. The summed E-state index contributed by atoms with van der Waals surface area (Å²) in [6.45, 7) is 0.271. The molecule has 1 amide bonds. The standard InChI is InChI=1S/C16H14FN3O3S2/c1-19-5-4-18-16(19)25(22,23)12-8-20(9-12)15(21)14-7-10-6-11(17)2-3-13(10)24-14/h2-7,12H,8-9H2,1H3. The number of aromatic nitrogens is 2. The van der Waals surface area contributed by atoms with E-state index in [1.807, 2.05) is 0 Å². The van der Waals surface area contributed by atoms with Crippen LogP contribution in [0, 0.1) is 5.82 Å². The summed E-state index contributed by atoms with van der Waals surface area (Å²) in [6, 6.07) is 6.02. The molecule has 1 saturated heterocycles. The van der Waals surface area contributed by atoms with Crippen LogP contribution in [0.3, 0.4) is 0 Å². The van der Waals surface area contributed by atoms with Crippen molar-refractivity contribution in [3.05, 3.63) is 47.4 Å². The molecule has 1 aromatic carbocycles. The van der Waals surface area contributed by atoms with Gasteiger partial charge in [0.2, 0.25) is 15.0 Å². The number of rotatable bonds is 3. The van der Waals surface area contributed by atoms with Gasteiger partial charge in [-0.3, -0.25) is 4.79 Å². The number of likely N-dealkylation sites (tertiary alicyclic amines) is 1. The number of aryl methyl sites for hydroxylation is 1. The molecule has 0 saturated carbocycles. The number of carbonyl (C=O) groups is 1. The first kappa shape index (κ1) is 16.2. The minimum absolute atomic E-state index is 0.0157. The van der Waals surface area contributed by atoms with Crippen molar-refractivity contribution in [2.45, 2.75) is 10.4 Å². The lowest BCUT2D eigenvalue weighted by molar-refractivity contribution is 0.0663. The number of imidazole rings is 1. The van der Waals surface area contributed by atoms with Crippen LogP contribution in [0.25, 0.3) is 10.1 Å². The maximum atomic E-state index is 13.3. The van der Waals surface area contributed by atoms with Crippen molar-refractivity contribution in [2.24, 2.45) is 7.05 Å². The number of hydrogen-bond acceptors (Lipinski definition) is 5. The zero-order chi connectivity index (χ0) is 17.8. The first-order chi connectivity index (χ1) is 11.9. The molecule has 0 radical (unpaired) electrons. The molecule has 0 N–H and O–H groups in total. The molecule has 130 valence electrons. The van der Waals surface area contributed by atoms with E-state index in [9.17, 15) is 17.6 Å². The van der Waals surface area contributed by atoms with Crippen LogP contribution in [0.4, 0.5) is 4.39 Å². The number of hydrogen-bond donors (Lipinski definition) is 0. The van der Waals surface area contributed by atoms with Crippen molar-refractivity contribution in [1.82, 2.24) is 14.5 Å². The highest BCUT2D eigenvalue weighted by molar-refractivity contribution is 7.92. The van der Waals surface area contributed by atoms with Crippen molar-refractivity contribution >= 4 is 37.2 Å². The summed E-state index contributed by atoms with van der Waals surface area (Å²) < 4.78 is 40.6. The van der Waals surface area contributed by atoms with Gasteiger partial charge in [-0.25, -0.2) is 17.8 Å². The van der Waals surface area contributed by atoms with Gasteiger partial charge in [-0.05, 0) is 29.7 Å². The molecular weight excluding hydrogens is 365 g/mol. The molecule has 1 aliphatic heterocycles. The smallest absolute Gasteiger partial charge is 0.264 e. The van der Waals surface area contributed by atoms with E-state index in [2.05, 4.69) is 4.98 Å². The van der Waals surface area contributed by atoms with E-state index in [0.717, 1.165) is 4.70 Å². The Balaban J connectivity index is 1.51.